The van der Waals surface area contributed by atoms with Gasteiger partial charge in [0, 0.05) is 26.1 Å². The molecule has 6 nitrogen and oxygen atoms in total. The molecular formula is C9H20N4O2. The second-order valence-corrected chi connectivity index (χ2v) is 3.49. The van der Waals surface area contributed by atoms with E-state index in [9.17, 15) is 4.79 Å². The van der Waals surface area contributed by atoms with E-state index < -0.39 is 0 Å². The highest BCUT2D eigenvalue weighted by atomic mass is 16.4. The Balaban J connectivity index is 4.07. The van der Waals surface area contributed by atoms with Crippen molar-refractivity contribution >= 4 is 11.9 Å². The fourth-order valence-corrected chi connectivity index (χ4v) is 1.04. The van der Waals surface area contributed by atoms with Crippen LogP contribution in [0.1, 0.15) is 26.7 Å². The molecule has 4 N–H and O–H groups in total. The number of nitrogens with zero attached hydrogens (tertiary/aromatic N) is 2. The van der Waals surface area contributed by atoms with Gasteiger partial charge in [0.1, 0.15) is 5.84 Å². The van der Waals surface area contributed by atoms with E-state index >= 15 is 0 Å². The van der Waals surface area contributed by atoms with Gasteiger partial charge >= 0.3 is 6.03 Å². The molecule has 0 aromatic carbocycles. The van der Waals surface area contributed by atoms with Gasteiger partial charge in [0.25, 0.3) is 0 Å². The summed E-state index contributed by atoms with van der Waals surface area (Å²) in [4.78, 5) is 13.0. The molecule has 15 heavy (non-hydrogen) atoms. The van der Waals surface area contributed by atoms with Crippen LogP contribution in [0.15, 0.2) is 5.16 Å². The number of oxime groups is 1. The van der Waals surface area contributed by atoms with E-state index in [0.717, 1.165) is 6.42 Å². The number of nitrogens with two attached hydrogens (primary N) is 1. The smallest absolute Gasteiger partial charge is 0.317 e. The molecule has 0 radical (unpaired) electrons. The van der Waals surface area contributed by atoms with Crippen LogP contribution in [0.5, 0.6) is 0 Å². The Labute approximate surface area is 90.1 Å². The van der Waals surface area contributed by atoms with Crippen LogP contribution < -0.4 is 11.1 Å². The van der Waals surface area contributed by atoms with Crippen LogP contribution in [0.4, 0.5) is 4.79 Å². The fraction of sp³-hybridized carbons (Fsp3) is 0.778. The van der Waals surface area contributed by atoms with Crippen molar-refractivity contribution in [2.24, 2.45) is 10.9 Å². The molecule has 0 heterocycles. The van der Waals surface area contributed by atoms with Crippen molar-refractivity contribution in [3.63, 3.8) is 0 Å². The quantitative estimate of drug-likeness (QED) is 0.271. The molecule has 0 aliphatic rings. The molecular weight excluding hydrogens is 196 g/mol. The number of carbonyl (C=O) groups excluding carboxylic acids is 1. The third-order valence-corrected chi connectivity index (χ3v) is 2.14. The molecule has 0 aromatic rings. The lowest BCUT2D eigenvalue weighted by Crippen LogP contribution is -2.44. The molecule has 0 aliphatic carbocycles. The average molecular weight is 216 g/mol. The summed E-state index contributed by atoms with van der Waals surface area (Å²) in [5.74, 6) is 0.123. The van der Waals surface area contributed by atoms with Crippen LogP contribution in [-0.2, 0) is 0 Å². The number of hydrogen-bond acceptors (Lipinski definition) is 3. The van der Waals surface area contributed by atoms with E-state index in [1.165, 1.54) is 4.90 Å². The number of hydrogen-bond donors (Lipinski definition) is 3. The van der Waals surface area contributed by atoms with Gasteiger partial charge in [-0.2, -0.15) is 0 Å². The Hall–Kier alpha value is -1.46. The molecule has 6 heteroatoms. The maximum atomic E-state index is 11.5. The van der Waals surface area contributed by atoms with Crippen molar-refractivity contribution in [3.05, 3.63) is 0 Å². The van der Waals surface area contributed by atoms with E-state index in [1.54, 1.807) is 7.05 Å². The summed E-state index contributed by atoms with van der Waals surface area (Å²) in [6.45, 7) is 4.48. The van der Waals surface area contributed by atoms with E-state index in [1.807, 2.05) is 13.8 Å². The molecule has 2 amide bonds. The molecule has 0 saturated heterocycles. The van der Waals surface area contributed by atoms with Crippen molar-refractivity contribution in [3.8, 4) is 0 Å². The Morgan fingerprint density at radius 3 is 2.73 bits per heavy atom. The number of amides is 2. The van der Waals surface area contributed by atoms with Crippen LogP contribution in [0.2, 0.25) is 0 Å². The van der Waals surface area contributed by atoms with Crippen molar-refractivity contribution in [2.45, 2.75) is 32.7 Å². The minimum Gasteiger partial charge on any atom is -0.409 e. The third kappa shape index (κ3) is 5.09. The first-order valence-corrected chi connectivity index (χ1v) is 5.00. The Morgan fingerprint density at radius 2 is 2.27 bits per heavy atom. The SMILES string of the molecule is CCCNC(=O)N(C)C(C)CC(N)=NO. The van der Waals surface area contributed by atoms with Gasteiger partial charge in [0.2, 0.25) is 0 Å². The maximum absolute atomic E-state index is 11.5. The van der Waals surface area contributed by atoms with E-state index in [-0.39, 0.29) is 17.9 Å². The number of carbonyl (C=O) groups is 1. The first-order valence-electron chi connectivity index (χ1n) is 5.00. The predicted molar refractivity (Wildman–Crippen MR) is 58.9 cm³/mol. The van der Waals surface area contributed by atoms with Crippen molar-refractivity contribution < 1.29 is 10.0 Å². The van der Waals surface area contributed by atoms with Crippen LogP contribution in [-0.4, -0.2) is 41.6 Å². The van der Waals surface area contributed by atoms with E-state index in [0.29, 0.717) is 13.0 Å². The standard InChI is InChI=1S/C9H20N4O2/c1-4-5-11-9(14)13(3)7(2)6-8(10)12-15/h7,15H,4-6H2,1-3H3,(H2,10,12)(H,11,14). The number of rotatable bonds is 5. The summed E-state index contributed by atoms with van der Waals surface area (Å²) in [6, 6.07) is -0.243. The second-order valence-electron chi connectivity index (χ2n) is 3.49. The highest BCUT2D eigenvalue weighted by Crippen LogP contribution is 2.01. The van der Waals surface area contributed by atoms with Gasteiger partial charge in [-0.25, -0.2) is 4.79 Å². The lowest BCUT2D eigenvalue weighted by Gasteiger charge is -2.24. The molecule has 0 bridgehead atoms. The highest BCUT2D eigenvalue weighted by molar-refractivity contribution is 5.81. The Morgan fingerprint density at radius 1 is 1.67 bits per heavy atom. The zero-order valence-electron chi connectivity index (χ0n) is 9.53. The number of nitrogens with one attached hydrogen (secondary N) is 1. The third-order valence-electron chi connectivity index (χ3n) is 2.14. The zero-order chi connectivity index (χ0) is 11.8. The van der Waals surface area contributed by atoms with Gasteiger partial charge in [-0.15, -0.1) is 0 Å². The molecule has 0 rings (SSSR count). The predicted octanol–water partition coefficient (Wildman–Crippen LogP) is 0.563. The molecule has 0 fully saturated rings. The largest absolute Gasteiger partial charge is 0.409 e. The monoisotopic (exact) mass is 216 g/mol. The van der Waals surface area contributed by atoms with Crippen molar-refractivity contribution in [1.82, 2.24) is 10.2 Å². The van der Waals surface area contributed by atoms with Crippen molar-refractivity contribution in [1.29, 1.82) is 0 Å². The molecule has 0 aliphatic heterocycles. The van der Waals surface area contributed by atoms with E-state index in [2.05, 4.69) is 10.5 Å². The van der Waals surface area contributed by atoms with Crippen LogP contribution in [0.25, 0.3) is 0 Å². The Bertz CT molecular complexity index is 230. The highest BCUT2D eigenvalue weighted by Gasteiger charge is 2.16. The van der Waals surface area contributed by atoms with Gasteiger partial charge in [-0.3, -0.25) is 0 Å². The summed E-state index contributed by atoms with van der Waals surface area (Å²) in [5.41, 5.74) is 5.35. The van der Waals surface area contributed by atoms with Gasteiger partial charge in [0.05, 0.1) is 0 Å². The average Bonchev–Trinajstić information content (AvgIpc) is 2.24. The first-order chi connectivity index (χ1) is 7.02. The minimum absolute atomic E-state index is 0.0993. The van der Waals surface area contributed by atoms with Crippen molar-refractivity contribution in [2.75, 3.05) is 13.6 Å². The van der Waals surface area contributed by atoms with E-state index in [4.69, 9.17) is 10.9 Å². The summed E-state index contributed by atoms with van der Waals surface area (Å²) >= 11 is 0. The van der Waals surface area contributed by atoms with Crippen LogP contribution >= 0.6 is 0 Å². The summed E-state index contributed by atoms with van der Waals surface area (Å²) in [5, 5.41) is 14.0. The second kappa shape index (κ2) is 6.92. The molecule has 1 unspecified atom stereocenters. The van der Waals surface area contributed by atoms with Gasteiger partial charge in [-0.05, 0) is 13.3 Å². The topological polar surface area (TPSA) is 91.0 Å². The lowest BCUT2D eigenvalue weighted by molar-refractivity contribution is 0.195. The number of amidine groups is 1. The van der Waals surface area contributed by atoms with Gasteiger partial charge < -0.3 is 21.2 Å². The van der Waals surface area contributed by atoms with Gasteiger partial charge in [0.15, 0.2) is 0 Å². The lowest BCUT2D eigenvalue weighted by atomic mass is 10.2. The Kier molecular flexibility index (Phi) is 6.24. The minimum atomic E-state index is -0.143. The molecule has 0 spiro atoms. The van der Waals surface area contributed by atoms with Crippen LogP contribution in [0, 0.1) is 0 Å². The summed E-state index contributed by atoms with van der Waals surface area (Å²) in [6.07, 6.45) is 1.25. The molecule has 0 aromatic heterocycles. The fourth-order valence-electron chi connectivity index (χ4n) is 1.04. The van der Waals surface area contributed by atoms with Crippen LogP contribution in [0.3, 0.4) is 0 Å². The molecule has 88 valence electrons. The van der Waals surface area contributed by atoms with Gasteiger partial charge in [-0.1, -0.05) is 12.1 Å². The molecule has 0 saturated carbocycles. The normalized spacial score (nSPS) is 13.4. The maximum Gasteiger partial charge on any atom is 0.317 e. The zero-order valence-corrected chi connectivity index (χ0v) is 9.53. The summed E-state index contributed by atoms with van der Waals surface area (Å²) in [7, 11) is 1.68. The number of urea groups is 1. The first kappa shape index (κ1) is 13.5. The molecule has 1 atom stereocenters. The summed E-state index contributed by atoms with van der Waals surface area (Å²) < 4.78 is 0.